The molecule has 0 unspecified atom stereocenters. The molecule has 0 bridgehead atoms. The molecule has 35 heavy (non-hydrogen) atoms. The minimum absolute atomic E-state index is 0.0576. The summed E-state index contributed by atoms with van der Waals surface area (Å²) in [5.74, 6) is -1.40. The molecule has 3 aliphatic heterocycles. The summed E-state index contributed by atoms with van der Waals surface area (Å²) in [6.45, 7) is 0. The number of amides is 1. The zero-order chi connectivity index (χ0) is 24.3. The van der Waals surface area contributed by atoms with Crippen molar-refractivity contribution >= 4 is 34.8 Å². The number of nitro groups is 1. The van der Waals surface area contributed by atoms with Crippen LogP contribution in [-0.4, -0.2) is 44.2 Å². The van der Waals surface area contributed by atoms with Gasteiger partial charge in [0.05, 0.1) is 10.8 Å². The third kappa shape index (κ3) is 3.06. The monoisotopic (exact) mass is 490 g/mol. The first-order valence-corrected chi connectivity index (χ1v) is 12.2. The smallest absolute Gasteiger partial charge is 0.269 e. The molecule has 10 heteroatoms. The number of hydrogen-bond donors (Lipinski definition) is 1. The van der Waals surface area contributed by atoms with E-state index in [0.717, 1.165) is 5.56 Å². The largest absolute Gasteiger partial charge is 0.324 e. The molecule has 4 atom stereocenters. The lowest BCUT2D eigenvalue weighted by molar-refractivity contribution is -0.384. The second-order valence-electron chi connectivity index (χ2n) is 8.88. The number of carbonyl (C=O) groups is 2. The van der Waals surface area contributed by atoms with Gasteiger partial charge in [0.2, 0.25) is 5.91 Å². The topological polar surface area (TPSA) is 105 Å². The van der Waals surface area contributed by atoms with Crippen LogP contribution < -0.4 is 5.32 Å². The van der Waals surface area contributed by atoms with Crippen molar-refractivity contribution in [1.82, 2.24) is 9.88 Å². The van der Waals surface area contributed by atoms with Gasteiger partial charge in [0.1, 0.15) is 17.1 Å². The van der Waals surface area contributed by atoms with Crippen LogP contribution in [0, 0.1) is 21.8 Å². The first kappa shape index (κ1) is 21.9. The summed E-state index contributed by atoms with van der Waals surface area (Å²) in [4.78, 5) is 45.0. The standard InChI is InChI=1S/C25H19FN4O4S/c26-15-6-9-18-17(11-15)25(24(32)28-18)22(23(31)19-3-1-2-10-27-19)21(20-12-35-13-29(20)25)14-4-7-16(8-5-14)30(33)34/h1-11,20-22H,12-13H2,(H,28,32)/t20-,21+,22+,25-/m1/s1. The number of aromatic nitrogens is 1. The number of benzene rings is 2. The number of pyridine rings is 1. The molecule has 6 rings (SSSR count). The Hall–Kier alpha value is -3.63. The highest BCUT2D eigenvalue weighted by molar-refractivity contribution is 7.99. The predicted octanol–water partition coefficient (Wildman–Crippen LogP) is 3.95. The van der Waals surface area contributed by atoms with Crippen LogP contribution in [0.1, 0.15) is 27.5 Å². The van der Waals surface area contributed by atoms with Crippen LogP contribution in [0.2, 0.25) is 0 Å². The zero-order valence-corrected chi connectivity index (χ0v) is 19.1. The molecule has 2 aromatic carbocycles. The van der Waals surface area contributed by atoms with Gasteiger partial charge in [0.25, 0.3) is 5.69 Å². The van der Waals surface area contributed by atoms with Crippen LogP contribution in [0.5, 0.6) is 0 Å². The summed E-state index contributed by atoms with van der Waals surface area (Å²) in [5.41, 5.74) is 0.376. The summed E-state index contributed by atoms with van der Waals surface area (Å²) in [6.07, 6.45) is 1.52. The van der Waals surface area contributed by atoms with Gasteiger partial charge in [0, 0.05) is 53.2 Å². The molecule has 1 N–H and O–H groups in total. The first-order chi connectivity index (χ1) is 16.9. The van der Waals surface area contributed by atoms with Gasteiger partial charge >= 0.3 is 0 Å². The van der Waals surface area contributed by atoms with E-state index < -0.39 is 28.1 Å². The third-order valence-corrected chi connectivity index (χ3v) is 8.31. The zero-order valence-electron chi connectivity index (χ0n) is 18.3. The molecular weight excluding hydrogens is 471 g/mol. The lowest BCUT2D eigenvalue weighted by atomic mass is 9.70. The predicted molar refractivity (Wildman–Crippen MR) is 128 cm³/mol. The maximum Gasteiger partial charge on any atom is 0.269 e. The van der Waals surface area contributed by atoms with Gasteiger partial charge in [-0.25, -0.2) is 4.39 Å². The summed E-state index contributed by atoms with van der Waals surface area (Å²) in [7, 11) is 0. The minimum atomic E-state index is -1.42. The van der Waals surface area contributed by atoms with Crippen molar-refractivity contribution in [2.75, 3.05) is 16.9 Å². The minimum Gasteiger partial charge on any atom is -0.324 e. The van der Waals surface area contributed by atoms with Crippen molar-refractivity contribution in [2.24, 2.45) is 5.92 Å². The lowest BCUT2D eigenvalue weighted by Crippen LogP contribution is -2.52. The van der Waals surface area contributed by atoms with E-state index >= 15 is 0 Å². The van der Waals surface area contributed by atoms with E-state index in [1.54, 1.807) is 42.1 Å². The second-order valence-corrected chi connectivity index (χ2v) is 9.88. The van der Waals surface area contributed by atoms with Crippen LogP contribution in [0.4, 0.5) is 15.8 Å². The van der Waals surface area contributed by atoms with Crippen molar-refractivity contribution in [2.45, 2.75) is 17.5 Å². The number of rotatable bonds is 4. The van der Waals surface area contributed by atoms with Gasteiger partial charge < -0.3 is 5.32 Å². The van der Waals surface area contributed by atoms with E-state index in [4.69, 9.17) is 0 Å². The van der Waals surface area contributed by atoms with E-state index in [9.17, 15) is 24.1 Å². The Bertz CT molecular complexity index is 1370. The summed E-state index contributed by atoms with van der Waals surface area (Å²) >= 11 is 1.64. The molecule has 0 saturated carbocycles. The van der Waals surface area contributed by atoms with Crippen LogP contribution in [0.25, 0.3) is 0 Å². The number of hydrogen-bond acceptors (Lipinski definition) is 7. The number of nitro benzene ring substituents is 1. The molecule has 1 aromatic heterocycles. The number of nitrogens with zero attached hydrogens (tertiary/aromatic N) is 3. The maximum absolute atomic E-state index is 14.5. The van der Waals surface area contributed by atoms with Gasteiger partial charge in [-0.3, -0.25) is 29.6 Å². The molecule has 176 valence electrons. The number of fused-ring (bicyclic) bond motifs is 4. The highest BCUT2D eigenvalue weighted by atomic mass is 32.2. The van der Waals surface area contributed by atoms with Crippen molar-refractivity contribution < 1.29 is 18.9 Å². The Labute approximate surface area is 203 Å². The van der Waals surface area contributed by atoms with E-state index in [1.807, 2.05) is 4.90 Å². The summed E-state index contributed by atoms with van der Waals surface area (Å²) in [5, 5.41) is 14.1. The van der Waals surface area contributed by atoms with Crippen LogP contribution in [0.15, 0.2) is 66.9 Å². The number of carbonyl (C=O) groups excluding carboxylic acids is 2. The van der Waals surface area contributed by atoms with E-state index in [0.29, 0.717) is 22.9 Å². The third-order valence-electron chi connectivity index (χ3n) is 7.27. The Balaban J connectivity index is 1.60. The Morgan fingerprint density at radius 3 is 2.71 bits per heavy atom. The highest BCUT2D eigenvalue weighted by Crippen LogP contribution is 2.61. The molecule has 0 radical (unpaired) electrons. The fraction of sp³-hybridized carbons (Fsp3) is 0.240. The molecule has 0 aliphatic carbocycles. The van der Waals surface area contributed by atoms with Crippen molar-refractivity contribution in [3.8, 4) is 0 Å². The summed E-state index contributed by atoms with van der Waals surface area (Å²) in [6, 6.07) is 15.1. The van der Waals surface area contributed by atoms with Crippen LogP contribution in [-0.2, 0) is 10.3 Å². The Morgan fingerprint density at radius 2 is 2.00 bits per heavy atom. The average Bonchev–Trinajstić information content (AvgIpc) is 3.53. The Morgan fingerprint density at radius 1 is 1.20 bits per heavy atom. The molecule has 3 aliphatic rings. The lowest BCUT2D eigenvalue weighted by Gasteiger charge is -2.36. The maximum atomic E-state index is 14.5. The molecule has 3 aromatic rings. The number of anilines is 1. The number of thioether (sulfide) groups is 1. The van der Waals surface area contributed by atoms with Crippen molar-refractivity contribution in [3.05, 3.63) is 99.6 Å². The van der Waals surface area contributed by atoms with Gasteiger partial charge in [-0.15, -0.1) is 11.8 Å². The molecule has 2 saturated heterocycles. The van der Waals surface area contributed by atoms with Crippen molar-refractivity contribution in [1.29, 1.82) is 0 Å². The average molecular weight is 491 g/mol. The highest BCUT2D eigenvalue weighted by Gasteiger charge is 2.69. The fourth-order valence-corrected chi connectivity index (χ4v) is 7.23. The molecule has 8 nitrogen and oxygen atoms in total. The number of nitrogens with one attached hydrogen (secondary N) is 1. The summed E-state index contributed by atoms with van der Waals surface area (Å²) < 4.78 is 14.5. The number of Topliss-reactive ketones (excluding diaryl/α,β-unsaturated/α-hetero) is 1. The Kier molecular flexibility index (Phi) is 4.97. The molecular formula is C25H19FN4O4S. The molecule has 1 amide bonds. The quantitative estimate of drug-likeness (QED) is 0.335. The fourth-order valence-electron chi connectivity index (χ4n) is 5.91. The normalized spacial score (nSPS) is 27.0. The molecule has 1 spiro atoms. The molecule has 2 fully saturated rings. The van der Waals surface area contributed by atoms with E-state index in [1.165, 1.54) is 36.5 Å². The van der Waals surface area contributed by atoms with Crippen LogP contribution in [0.3, 0.4) is 0 Å². The van der Waals surface area contributed by atoms with Gasteiger partial charge in [-0.05, 0) is 35.9 Å². The number of non-ortho nitro benzene ring substituents is 1. The van der Waals surface area contributed by atoms with Crippen LogP contribution >= 0.6 is 11.8 Å². The number of halogens is 1. The van der Waals surface area contributed by atoms with Crippen molar-refractivity contribution in [3.63, 3.8) is 0 Å². The van der Waals surface area contributed by atoms with Gasteiger partial charge in [-0.2, -0.15) is 0 Å². The first-order valence-electron chi connectivity index (χ1n) is 11.1. The van der Waals surface area contributed by atoms with E-state index in [-0.39, 0.29) is 29.1 Å². The second kappa shape index (κ2) is 7.96. The number of ketones is 1. The van der Waals surface area contributed by atoms with Gasteiger partial charge in [-0.1, -0.05) is 18.2 Å². The molecule has 4 heterocycles. The SMILES string of the molecule is O=C(c1ccccn1)[C@@H]1[C@@H](c2ccc([N+](=O)[O-])cc2)[C@H]2CSCN2[C@@]12C(=O)Nc1ccc(F)cc12. The van der Waals surface area contributed by atoms with E-state index in [2.05, 4.69) is 10.3 Å². The van der Waals surface area contributed by atoms with Gasteiger partial charge in [0.15, 0.2) is 5.78 Å².